The molecule has 11 heavy (non-hydrogen) atoms. The van der Waals surface area contributed by atoms with Crippen molar-refractivity contribution in [2.75, 3.05) is 6.54 Å². The highest BCUT2D eigenvalue weighted by Crippen LogP contribution is 1.93. The highest BCUT2D eigenvalue weighted by Gasteiger charge is 2.03. The molecule has 0 aromatic rings. The second kappa shape index (κ2) is 7.68. The maximum atomic E-state index is 8.15. The van der Waals surface area contributed by atoms with Crippen LogP contribution in [0.4, 0.5) is 0 Å². The fraction of sp³-hybridized carbons (Fsp3) is 0.714. The summed E-state index contributed by atoms with van der Waals surface area (Å²) in [6.45, 7) is 9.43. The van der Waals surface area contributed by atoms with Gasteiger partial charge in [0, 0.05) is 12.1 Å². The van der Waals surface area contributed by atoms with E-state index in [2.05, 4.69) is 12.1 Å². The highest BCUT2D eigenvalue weighted by atomic mass is 16.5. The zero-order valence-electron chi connectivity index (χ0n) is 7.39. The van der Waals surface area contributed by atoms with Gasteiger partial charge < -0.3 is 10.4 Å². The second-order valence-corrected chi connectivity index (χ2v) is 3.01. The predicted molar refractivity (Wildman–Crippen MR) is 44.7 cm³/mol. The number of nitrogens with one attached hydrogen (secondary N) is 2. The molecule has 4 nitrogen and oxygen atoms in total. The lowest BCUT2D eigenvalue weighted by Crippen LogP contribution is -2.32. The number of hydrogen-bond acceptors (Lipinski definition) is 4. The van der Waals surface area contributed by atoms with Gasteiger partial charge >= 0.3 is 0 Å². The summed E-state index contributed by atoms with van der Waals surface area (Å²) in [4.78, 5) is 0. The van der Waals surface area contributed by atoms with E-state index in [0.717, 1.165) is 0 Å². The maximum Gasteiger partial charge on any atom is 0.0385 e. The van der Waals surface area contributed by atoms with E-state index in [1.165, 1.54) is 0 Å². The molecule has 0 aromatic heterocycles. The molecule has 0 rings (SSSR count). The van der Waals surface area contributed by atoms with Gasteiger partial charge in [-0.2, -0.15) is 0 Å². The Balaban J connectivity index is 0. The molecule has 68 valence electrons. The minimum atomic E-state index is -0.153. The Morgan fingerprint density at radius 3 is 1.73 bits per heavy atom. The van der Waals surface area contributed by atoms with Crippen LogP contribution >= 0.6 is 0 Å². The molecule has 0 saturated heterocycles. The largest absolute Gasteiger partial charge is 0.317 e. The van der Waals surface area contributed by atoms with E-state index in [1.807, 2.05) is 26.3 Å². The van der Waals surface area contributed by atoms with Crippen LogP contribution in [-0.2, 0) is 0 Å². The molecule has 0 radical (unpaired) electrons. The fourth-order valence-electron chi connectivity index (χ4n) is 0.0645. The lowest BCUT2D eigenvalue weighted by Gasteiger charge is -2.13. The number of hydroxylamine groups is 2. The quantitative estimate of drug-likeness (QED) is 0.360. The van der Waals surface area contributed by atoms with Crippen molar-refractivity contribution in [1.29, 1.82) is 0 Å². The summed E-state index contributed by atoms with van der Waals surface area (Å²) in [7, 11) is 0. The van der Waals surface area contributed by atoms with Crippen LogP contribution in [0.3, 0.4) is 0 Å². The maximum absolute atomic E-state index is 8.15. The molecule has 4 N–H and O–H groups in total. The minimum Gasteiger partial charge on any atom is -0.317 e. The Hall–Kier alpha value is -0.420. The molecule has 0 fully saturated rings. The third-order valence-corrected chi connectivity index (χ3v) is 0.571. The van der Waals surface area contributed by atoms with Crippen molar-refractivity contribution in [3.05, 3.63) is 12.7 Å². The van der Waals surface area contributed by atoms with Crippen LogP contribution < -0.4 is 11.0 Å². The van der Waals surface area contributed by atoms with Crippen molar-refractivity contribution in [2.45, 2.75) is 26.3 Å². The Morgan fingerprint density at radius 1 is 1.36 bits per heavy atom. The van der Waals surface area contributed by atoms with Crippen molar-refractivity contribution in [1.82, 2.24) is 11.0 Å². The molecular weight excluding hydrogens is 144 g/mol. The first-order chi connectivity index (χ1) is 4.97. The van der Waals surface area contributed by atoms with E-state index in [9.17, 15) is 0 Å². The van der Waals surface area contributed by atoms with Crippen LogP contribution in [0.15, 0.2) is 12.7 Å². The van der Waals surface area contributed by atoms with E-state index in [-0.39, 0.29) is 5.54 Å². The van der Waals surface area contributed by atoms with Gasteiger partial charge in [-0.15, -0.1) is 6.58 Å². The van der Waals surface area contributed by atoms with E-state index in [0.29, 0.717) is 6.54 Å². The standard InChI is InChI=1S/C4H11NO.C3H7NO/c1-4(2,3)5-6;1-2-3-4-5/h5-6H,1-3H3;2,4-5H,1,3H2. The smallest absolute Gasteiger partial charge is 0.0385 e. The minimum absolute atomic E-state index is 0.153. The highest BCUT2D eigenvalue weighted by molar-refractivity contribution is 4.65. The summed E-state index contributed by atoms with van der Waals surface area (Å²) in [5.41, 5.74) is 3.85. The zero-order valence-corrected chi connectivity index (χ0v) is 7.39. The van der Waals surface area contributed by atoms with Gasteiger partial charge in [-0.3, -0.25) is 0 Å². The number of rotatable bonds is 2. The average molecular weight is 162 g/mol. The van der Waals surface area contributed by atoms with Crippen molar-refractivity contribution < 1.29 is 10.4 Å². The Labute approximate surface area is 67.8 Å². The third kappa shape index (κ3) is 26.2. The predicted octanol–water partition coefficient (Wildman–Crippen LogP) is 0.915. The van der Waals surface area contributed by atoms with E-state index >= 15 is 0 Å². The SMILES string of the molecule is C=CCNO.CC(C)(C)NO. The van der Waals surface area contributed by atoms with E-state index < -0.39 is 0 Å². The molecular formula is C7H18N2O2. The van der Waals surface area contributed by atoms with Gasteiger partial charge in [0.2, 0.25) is 0 Å². The topological polar surface area (TPSA) is 64.5 Å². The zero-order chi connectivity index (χ0) is 9.33. The van der Waals surface area contributed by atoms with Gasteiger partial charge in [0.15, 0.2) is 0 Å². The van der Waals surface area contributed by atoms with Crippen molar-refractivity contribution in [2.24, 2.45) is 0 Å². The number of hydrogen-bond donors (Lipinski definition) is 4. The summed E-state index contributed by atoms with van der Waals surface area (Å²) in [6.07, 6.45) is 1.57. The second-order valence-electron chi connectivity index (χ2n) is 3.01. The summed E-state index contributed by atoms with van der Waals surface area (Å²) in [6, 6.07) is 0. The molecule has 0 aliphatic heterocycles. The van der Waals surface area contributed by atoms with Crippen LogP contribution in [-0.4, -0.2) is 22.5 Å². The monoisotopic (exact) mass is 162 g/mol. The summed E-state index contributed by atoms with van der Waals surface area (Å²) < 4.78 is 0. The van der Waals surface area contributed by atoms with E-state index in [4.69, 9.17) is 10.4 Å². The Morgan fingerprint density at radius 2 is 1.73 bits per heavy atom. The van der Waals surface area contributed by atoms with Gasteiger partial charge in [0.1, 0.15) is 0 Å². The van der Waals surface area contributed by atoms with Crippen molar-refractivity contribution >= 4 is 0 Å². The van der Waals surface area contributed by atoms with Crippen LogP contribution in [0.5, 0.6) is 0 Å². The van der Waals surface area contributed by atoms with Crippen LogP contribution in [0.2, 0.25) is 0 Å². The van der Waals surface area contributed by atoms with Gasteiger partial charge in [-0.05, 0) is 20.8 Å². The lowest BCUT2D eigenvalue weighted by molar-refractivity contribution is 0.0918. The first kappa shape index (κ1) is 13.2. The normalized spacial score (nSPS) is 9.91. The average Bonchev–Trinajstić information content (AvgIpc) is 1.90. The molecule has 0 spiro atoms. The van der Waals surface area contributed by atoms with Crippen molar-refractivity contribution in [3.8, 4) is 0 Å². The summed E-state index contributed by atoms with van der Waals surface area (Å²) in [5, 5.41) is 15.9. The van der Waals surface area contributed by atoms with Crippen LogP contribution in [0.25, 0.3) is 0 Å². The van der Waals surface area contributed by atoms with Crippen LogP contribution in [0, 0.1) is 0 Å². The first-order valence-corrected chi connectivity index (χ1v) is 3.37. The summed E-state index contributed by atoms with van der Waals surface area (Å²) in [5.74, 6) is 0. The molecule has 0 atom stereocenters. The van der Waals surface area contributed by atoms with Gasteiger partial charge in [0.25, 0.3) is 0 Å². The summed E-state index contributed by atoms with van der Waals surface area (Å²) >= 11 is 0. The molecule has 0 amide bonds. The molecule has 0 bridgehead atoms. The molecule has 0 saturated carbocycles. The third-order valence-electron chi connectivity index (χ3n) is 0.571. The Kier molecular flexibility index (Phi) is 9.21. The molecule has 0 unspecified atom stereocenters. The first-order valence-electron chi connectivity index (χ1n) is 3.37. The fourth-order valence-corrected chi connectivity index (χ4v) is 0.0645. The molecule has 0 aliphatic carbocycles. The van der Waals surface area contributed by atoms with Gasteiger partial charge in [-0.1, -0.05) is 6.08 Å². The van der Waals surface area contributed by atoms with Gasteiger partial charge in [-0.25, -0.2) is 11.0 Å². The molecule has 4 heteroatoms. The lowest BCUT2D eigenvalue weighted by atomic mass is 10.1. The van der Waals surface area contributed by atoms with Crippen LogP contribution in [0.1, 0.15) is 20.8 Å². The van der Waals surface area contributed by atoms with E-state index in [1.54, 1.807) is 6.08 Å². The van der Waals surface area contributed by atoms with Crippen molar-refractivity contribution in [3.63, 3.8) is 0 Å². The molecule has 0 heterocycles. The molecule has 0 aromatic carbocycles. The Bertz CT molecular complexity index is 88.9. The van der Waals surface area contributed by atoms with Gasteiger partial charge in [0.05, 0.1) is 0 Å². The molecule has 0 aliphatic rings.